The van der Waals surface area contributed by atoms with E-state index in [1.807, 2.05) is 41.4 Å². The predicted octanol–water partition coefficient (Wildman–Crippen LogP) is 2.57. The van der Waals surface area contributed by atoms with E-state index in [2.05, 4.69) is 21.9 Å². The number of aromatic nitrogens is 2. The molecule has 1 aliphatic rings. The number of carbonyl (C=O) groups excluding carboxylic acids is 2. The molecule has 2 aromatic heterocycles. The highest BCUT2D eigenvalue weighted by Crippen LogP contribution is 2.24. The van der Waals surface area contributed by atoms with Crippen molar-refractivity contribution in [3.05, 3.63) is 70.2 Å². The number of nitrogens with one attached hydrogen (secondary N) is 1. The zero-order valence-electron chi connectivity index (χ0n) is 15.5. The van der Waals surface area contributed by atoms with E-state index in [1.165, 1.54) is 10.4 Å². The van der Waals surface area contributed by atoms with E-state index in [1.54, 1.807) is 22.2 Å². The van der Waals surface area contributed by atoms with Crippen LogP contribution in [0.15, 0.2) is 54.2 Å². The van der Waals surface area contributed by atoms with Gasteiger partial charge in [0.1, 0.15) is 0 Å². The standard InChI is InChI=1S/C21H22N4O2S/c26-20(12-16-13-23-25(14-16)18-4-2-1-3-5-18)22-9-6-21(27)24-10-7-19-17(15-24)8-11-28-19/h1-5,8,11,13-14H,6-7,9-10,12,15H2,(H,22,26). The van der Waals surface area contributed by atoms with E-state index in [9.17, 15) is 9.59 Å². The fourth-order valence-corrected chi connectivity index (χ4v) is 4.24. The van der Waals surface area contributed by atoms with Crippen molar-refractivity contribution in [1.82, 2.24) is 20.0 Å². The van der Waals surface area contributed by atoms with Crippen LogP contribution in [0.1, 0.15) is 22.4 Å². The van der Waals surface area contributed by atoms with E-state index in [0.29, 0.717) is 19.5 Å². The van der Waals surface area contributed by atoms with E-state index < -0.39 is 0 Å². The molecule has 0 aliphatic carbocycles. The van der Waals surface area contributed by atoms with Gasteiger partial charge in [-0.15, -0.1) is 11.3 Å². The minimum Gasteiger partial charge on any atom is -0.355 e. The van der Waals surface area contributed by atoms with Crippen LogP contribution in [0, 0.1) is 0 Å². The summed E-state index contributed by atoms with van der Waals surface area (Å²) in [5.41, 5.74) is 3.05. The van der Waals surface area contributed by atoms with Crippen LogP contribution < -0.4 is 5.32 Å². The van der Waals surface area contributed by atoms with E-state index in [0.717, 1.165) is 24.2 Å². The zero-order valence-corrected chi connectivity index (χ0v) is 16.3. The lowest BCUT2D eigenvalue weighted by molar-refractivity contribution is -0.132. The predicted molar refractivity (Wildman–Crippen MR) is 108 cm³/mol. The summed E-state index contributed by atoms with van der Waals surface area (Å²) >= 11 is 1.76. The first kappa shape index (κ1) is 18.4. The molecule has 3 heterocycles. The van der Waals surface area contributed by atoms with Crippen LogP contribution in [0.25, 0.3) is 5.69 Å². The SMILES string of the molecule is O=C(Cc1cnn(-c2ccccc2)c1)NCCC(=O)N1CCc2sccc2C1. The summed E-state index contributed by atoms with van der Waals surface area (Å²) in [5, 5.41) is 9.22. The van der Waals surface area contributed by atoms with Gasteiger partial charge in [-0.2, -0.15) is 5.10 Å². The fourth-order valence-electron chi connectivity index (χ4n) is 3.35. The summed E-state index contributed by atoms with van der Waals surface area (Å²) in [6.07, 6.45) is 5.06. The van der Waals surface area contributed by atoms with Crippen molar-refractivity contribution in [3.63, 3.8) is 0 Å². The summed E-state index contributed by atoms with van der Waals surface area (Å²) in [6.45, 7) is 1.81. The summed E-state index contributed by atoms with van der Waals surface area (Å²) in [4.78, 5) is 27.8. The smallest absolute Gasteiger partial charge is 0.224 e. The number of fused-ring (bicyclic) bond motifs is 1. The molecule has 0 bridgehead atoms. The van der Waals surface area contributed by atoms with Gasteiger partial charge in [0.15, 0.2) is 0 Å². The van der Waals surface area contributed by atoms with Crippen LogP contribution in [-0.4, -0.2) is 39.6 Å². The van der Waals surface area contributed by atoms with Gasteiger partial charge in [0.2, 0.25) is 11.8 Å². The second kappa shape index (κ2) is 8.39. The Labute approximate surface area is 167 Å². The van der Waals surface area contributed by atoms with Crippen molar-refractivity contribution in [2.75, 3.05) is 13.1 Å². The second-order valence-electron chi connectivity index (χ2n) is 6.84. The van der Waals surface area contributed by atoms with Gasteiger partial charge >= 0.3 is 0 Å². The van der Waals surface area contributed by atoms with Crippen molar-refractivity contribution in [3.8, 4) is 5.69 Å². The molecule has 1 aliphatic heterocycles. The van der Waals surface area contributed by atoms with Crippen molar-refractivity contribution in [2.45, 2.75) is 25.8 Å². The molecule has 2 amide bonds. The van der Waals surface area contributed by atoms with E-state index in [-0.39, 0.29) is 18.2 Å². The Morgan fingerprint density at radius 1 is 1.18 bits per heavy atom. The average molecular weight is 395 g/mol. The van der Waals surface area contributed by atoms with Gasteiger partial charge < -0.3 is 10.2 Å². The highest BCUT2D eigenvalue weighted by molar-refractivity contribution is 7.10. The maximum absolute atomic E-state index is 12.4. The number of hydrogen-bond donors (Lipinski definition) is 1. The molecule has 0 radical (unpaired) electrons. The molecule has 3 aromatic rings. The Balaban J connectivity index is 1.22. The molecule has 1 aromatic carbocycles. The summed E-state index contributed by atoms with van der Waals surface area (Å²) in [5.74, 6) is -0.00627. The lowest BCUT2D eigenvalue weighted by Gasteiger charge is -2.27. The largest absolute Gasteiger partial charge is 0.355 e. The van der Waals surface area contributed by atoms with Crippen molar-refractivity contribution >= 4 is 23.2 Å². The summed E-state index contributed by atoms with van der Waals surface area (Å²) < 4.78 is 1.75. The first-order chi connectivity index (χ1) is 13.7. The third-order valence-corrected chi connectivity index (χ3v) is 5.87. The Morgan fingerprint density at radius 2 is 2.04 bits per heavy atom. The normalized spacial score (nSPS) is 13.2. The summed E-state index contributed by atoms with van der Waals surface area (Å²) in [6, 6.07) is 11.9. The third-order valence-electron chi connectivity index (χ3n) is 4.84. The Kier molecular flexibility index (Phi) is 5.53. The van der Waals surface area contributed by atoms with Gasteiger partial charge in [0.05, 0.1) is 18.3 Å². The van der Waals surface area contributed by atoms with Crippen LogP contribution in [0.4, 0.5) is 0 Å². The molecule has 1 N–H and O–H groups in total. The van der Waals surface area contributed by atoms with Crippen LogP contribution in [0.3, 0.4) is 0 Å². The number of nitrogens with zero attached hydrogens (tertiary/aromatic N) is 3. The van der Waals surface area contributed by atoms with Crippen molar-refractivity contribution < 1.29 is 9.59 Å². The van der Waals surface area contributed by atoms with Gasteiger partial charge in [-0.1, -0.05) is 18.2 Å². The molecule has 0 atom stereocenters. The Bertz CT molecular complexity index is 964. The Morgan fingerprint density at radius 3 is 2.89 bits per heavy atom. The summed E-state index contributed by atoms with van der Waals surface area (Å²) in [7, 11) is 0. The van der Waals surface area contributed by atoms with Gasteiger partial charge in [0.25, 0.3) is 0 Å². The highest BCUT2D eigenvalue weighted by Gasteiger charge is 2.21. The number of amides is 2. The minimum absolute atomic E-state index is 0.0917. The maximum atomic E-state index is 12.4. The van der Waals surface area contributed by atoms with Gasteiger partial charge in [-0.05, 0) is 41.1 Å². The monoisotopic (exact) mass is 394 g/mol. The van der Waals surface area contributed by atoms with Crippen LogP contribution in [-0.2, 0) is 29.0 Å². The number of carbonyl (C=O) groups is 2. The molecule has 4 rings (SSSR count). The number of hydrogen-bond acceptors (Lipinski definition) is 4. The van der Waals surface area contributed by atoms with Crippen LogP contribution in [0.5, 0.6) is 0 Å². The number of rotatable bonds is 6. The first-order valence-corrected chi connectivity index (χ1v) is 10.3. The molecule has 7 heteroatoms. The van der Waals surface area contributed by atoms with Gasteiger partial charge in [-0.3, -0.25) is 9.59 Å². The molecule has 0 saturated heterocycles. The van der Waals surface area contributed by atoms with Crippen LogP contribution in [0.2, 0.25) is 0 Å². The molecule has 6 nitrogen and oxygen atoms in total. The first-order valence-electron chi connectivity index (χ1n) is 9.38. The zero-order chi connectivity index (χ0) is 19.3. The second-order valence-corrected chi connectivity index (χ2v) is 7.84. The van der Waals surface area contributed by atoms with Gasteiger partial charge in [-0.25, -0.2) is 4.68 Å². The van der Waals surface area contributed by atoms with E-state index >= 15 is 0 Å². The highest BCUT2D eigenvalue weighted by atomic mass is 32.1. The maximum Gasteiger partial charge on any atom is 0.224 e. The topological polar surface area (TPSA) is 67.2 Å². The molecular formula is C21H22N4O2S. The van der Waals surface area contributed by atoms with Crippen molar-refractivity contribution in [1.29, 1.82) is 0 Å². The fraction of sp³-hybridized carbons (Fsp3) is 0.286. The van der Waals surface area contributed by atoms with Crippen molar-refractivity contribution in [2.24, 2.45) is 0 Å². The lowest BCUT2D eigenvalue weighted by Crippen LogP contribution is -2.37. The third kappa shape index (κ3) is 4.31. The molecule has 0 fully saturated rings. The molecule has 0 saturated carbocycles. The van der Waals surface area contributed by atoms with Gasteiger partial charge in [0, 0.05) is 37.1 Å². The quantitative estimate of drug-likeness (QED) is 0.699. The lowest BCUT2D eigenvalue weighted by atomic mass is 10.1. The Hall–Kier alpha value is -2.93. The molecule has 0 unspecified atom stereocenters. The number of benzene rings is 1. The van der Waals surface area contributed by atoms with Crippen LogP contribution >= 0.6 is 11.3 Å². The number of para-hydroxylation sites is 1. The molecule has 28 heavy (non-hydrogen) atoms. The molecule has 0 spiro atoms. The minimum atomic E-state index is -0.0980. The van der Waals surface area contributed by atoms with E-state index in [4.69, 9.17) is 0 Å². The molecular weight excluding hydrogens is 372 g/mol. The number of thiophene rings is 1. The average Bonchev–Trinajstić information content (AvgIpc) is 3.37. The molecule has 144 valence electrons.